The van der Waals surface area contributed by atoms with Crippen LogP contribution < -0.4 is 5.73 Å². The molecule has 1 aromatic heterocycles. The zero-order chi connectivity index (χ0) is 10.6. The molecule has 0 aliphatic heterocycles. The number of rotatable bonds is 5. The third-order valence-electron chi connectivity index (χ3n) is 1.52. The van der Waals surface area contributed by atoms with E-state index in [2.05, 4.69) is 10.2 Å². The lowest BCUT2D eigenvalue weighted by molar-refractivity contribution is -0.133. The van der Waals surface area contributed by atoms with Crippen molar-refractivity contribution in [1.29, 1.82) is 0 Å². The minimum atomic E-state index is -0.875. The summed E-state index contributed by atoms with van der Waals surface area (Å²) in [4.78, 5) is 10.3. The maximum absolute atomic E-state index is 10.3. The van der Waals surface area contributed by atoms with Gasteiger partial charge in [0.1, 0.15) is 0 Å². The molecule has 0 saturated carbocycles. The molecule has 1 heterocycles. The van der Waals surface area contributed by atoms with E-state index in [-0.39, 0.29) is 5.75 Å². The fourth-order valence-corrected chi connectivity index (χ4v) is 1.66. The molecule has 0 unspecified atom stereocenters. The lowest BCUT2D eigenvalue weighted by Gasteiger charge is -2.04. The molecule has 0 fully saturated rings. The number of nitrogens with zero attached hydrogens (tertiary/aromatic N) is 3. The molecule has 78 valence electrons. The van der Waals surface area contributed by atoms with E-state index in [1.54, 1.807) is 4.57 Å². The van der Waals surface area contributed by atoms with Crippen molar-refractivity contribution in [3.63, 3.8) is 0 Å². The van der Waals surface area contributed by atoms with Gasteiger partial charge in [-0.15, -0.1) is 10.2 Å². The minimum absolute atomic E-state index is 0.0259. The molecule has 0 spiro atoms. The van der Waals surface area contributed by atoms with Crippen molar-refractivity contribution in [2.75, 3.05) is 11.5 Å². The Bertz CT molecular complexity index is 325. The number of carboxylic acid groups (broad SMARTS) is 1. The first-order chi connectivity index (χ1) is 6.65. The van der Waals surface area contributed by atoms with Gasteiger partial charge < -0.3 is 10.8 Å². The molecule has 0 aromatic carbocycles. The van der Waals surface area contributed by atoms with Crippen LogP contribution in [0.4, 0.5) is 5.95 Å². The molecule has 0 atom stereocenters. The molecule has 14 heavy (non-hydrogen) atoms. The second-order valence-corrected chi connectivity index (χ2v) is 3.62. The van der Waals surface area contributed by atoms with Crippen LogP contribution in [0.2, 0.25) is 0 Å². The first-order valence-electron chi connectivity index (χ1n) is 4.18. The summed E-state index contributed by atoms with van der Waals surface area (Å²) in [7, 11) is 0. The Morgan fingerprint density at radius 1 is 1.64 bits per heavy atom. The van der Waals surface area contributed by atoms with Gasteiger partial charge in [0.05, 0.1) is 5.75 Å². The average molecular weight is 216 g/mol. The number of aromatic nitrogens is 3. The van der Waals surface area contributed by atoms with Crippen molar-refractivity contribution < 1.29 is 9.90 Å². The highest BCUT2D eigenvalue weighted by molar-refractivity contribution is 7.99. The number of hydrogen-bond donors (Lipinski definition) is 2. The Morgan fingerprint density at radius 3 is 2.93 bits per heavy atom. The Morgan fingerprint density at radius 2 is 2.36 bits per heavy atom. The quantitative estimate of drug-likeness (QED) is 0.694. The van der Waals surface area contributed by atoms with E-state index in [4.69, 9.17) is 10.8 Å². The van der Waals surface area contributed by atoms with Crippen LogP contribution in [0.3, 0.4) is 0 Å². The van der Waals surface area contributed by atoms with Crippen molar-refractivity contribution in [3.8, 4) is 0 Å². The Hall–Kier alpha value is -1.24. The van der Waals surface area contributed by atoms with E-state index in [9.17, 15) is 4.79 Å². The molecule has 0 amide bonds. The molecule has 1 aromatic rings. The maximum Gasteiger partial charge on any atom is 0.313 e. The molecule has 3 N–H and O–H groups in total. The van der Waals surface area contributed by atoms with E-state index in [0.717, 1.165) is 18.2 Å². The largest absolute Gasteiger partial charge is 0.481 e. The van der Waals surface area contributed by atoms with Crippen LogP contribution in [0.1, 0.15) is 13.3 Å². The number of aliphatic carboxylic acids is 1. The van der Waals surface area contributed by atoms with Crippen LogP contribution in [0.15, 0.2) is 5.16 Å². The maximum atomic E-state index is 10.3. The van der Waals surface area contributed by atoms with Crippen molar-refractivity contribution in [2.45, 2.75) is 25.0 Å². The predicted molar refractivity (Wildman–Crippen MR) is 53.1 cm³/mol. The predicted octanol–water partition coefficient (Wildman–Crippen LogP) is 0.447. The van der Waals surface area contributed by atoms with Crippen molar-refractivity contribution in [2.24, 2.45) is 0 Å². The third-order valence-corrected chi connectivity index (χ3v) is 2.47. The molecule has 6 nitrogen and oxygen atoms in total. The Labute approximate surface area is 85.5 Å². The van der Waals surface area contributed by atoms with Gasteiger partial charge in [-0.05, 0) is 6.42 Å². The van der Waals surface area contributed by atoms with Crippen molar-refractivity contribution >= 4 is 23.7 Å². The topological polar surface area (TPSA) is 94.0 Å². The van der Waals surface area contributed by atoms with Gasteiger partial charge in [0.25, 0.3) is 0 Å². The summed E-state index contributed by atoms with van der Waals surface area (Å²) in [6, 6.07) is 0. The number of nitrogen functional groups attached to an aromatic ring is 1. The number of hydrogen-bond acceptors (Lipinski definition) is 5. The smallest absolute Gasteiger partial charge is 0.313 e. The number of nitrogens with two attached hydrogens (primary N) is 1. The first kappa shape index (κ1) is 10.8. The van der Waals surface area contributed by atoms with Gasteiger partial charge in [-0.3, -0.25) is 9.36 Å². The summed E-state index contributed by atoms with van der Waals surface area (Å²) in [6.07, 6.45) is 0.906. The number of carboxylic acids is 1. The van der Waals surface area contributed by atoms with E-state index < -0.39 is 5.97 Å². The van der Waals surface area contributed by atoms with Crippen molar-refractivity contribution in [1.82, 2.24) is 14.8 Å². The molecule has 7 heteroatoms. The SMILES string of the molecule is CCCn1c(N)nnc1SCC(=O)O. The van der Waals surface area contributed by atoms with Crippen LogP contribution >= 0.6 is 11.8 Å². The Balaban J connectivity index is 2.70. The first-order valence-corrected chi connectivity index (χ1v) is 5.17. The second-order valence-electron chi connectivity index (χ2n) is 2.67. The van der Waals surface area contributed by atoms with E-state index >= 15 is 0 Å². The lowest BCUT2D eigenvalue weighted by atomic mass is 10.5. The zero-order valence-corrected chi connectivity index (χ0v) is 8.62. The Kier molecular flexibility index (Phi) is 3.75. The van der Waals surface area contributed by atoms with E-state index in [0.29, 0.717) is 17.6 Å². The van der Waals surface area contributed by atoms with Gasteiger partial charge in [-0.1, -0.05) is 18.7 Å². The third kappa shape index (κ3) is 2.63. The highest BCUT2D eigenvalue weighted by Gasteiger charge is 2.10. The molecular weight excluding hydrogens is 204 g/mol. The monoisotopic (exact) mass is 216 g/mol. The standard InChI is InChI=1S/C7H12N4O2S/c1-2-3-11-6(8)9-10-7(11)14-4-5(12)13/h2-4H2,1H3,(H2,8,9)(H,12,13). The summed E-state index contributed by atoms with van der Waals surface area (Å²) in [5.74, 6) is -0.568. The van der Waals surface area contributed by atoms with Crippen LogP contribution in [0.5, 0.6) is 0 Å². The van der Waals surface area contributed by atoms with Crippen LogP contribution in [0, 0.1) is 0 Å². The average Bonchev–Trinajstić information content (AvgIpc) is 2.46. The highest BCUT2D eigenvalue weighted by atomic mass is 32.2. The molecule has 0 aliphatic rings. The van der Waals surface area contributed by atoms with Gasteiger partial charge in [0, 0.05) is 6.54 Å². The molecule has 0 saturated heterocycles. The highest BCUT2D eigenvalue weighted by Crippen LogP contribution is 2.17. The number of thioether (sulfide) groups is 1. The van der Waals surface area contributed by atoms with Gasteiger partial charge in [-0.2, -0.15) is 0 Å². The summed E-state index contributed by atoms with van der Waals surface area (Å²) >= 11 is 1.13. The number of anilines is 1. The molecule has 1 rings (SSSR count). The van der Waals surface area contributed by atoms with Crippen molar-refractivity contribution in [3.05, 3.63) is 0 Å². The summed E-state index contributed by atoms with van der Waals surface area (Å²) in [5, 5.41) is 16.5. The molecule has 0 aliphatic carbocycles. The molecule has 0 radical (unpaired) electrons. The van der Waals surface area contributed by atoms with Gasteiger partial charge in [0.2, 0.25) is 5.95 Å². The van der Waals surface area contributed by atoms with Crippen LogP contribution in [0.25, 0.3) is 0 Å². The van der Waals surface area contributed by atoms with Gasteiger partial charge >= 0.3 is 5.97 Å². The summed E-state index contributed by atoms with van der Waals surface area (Å²) < 4.78 is 1.72. The normalized spacial score (nSPS) is 10.4. The van der Waals surface area contributed by atoms with Gasteiger partial charge in [-0.25, -0.2) is 0 Å². The fraction of sp³-hybridized carbons (Fsp3) is 0.571. The zero-order valence-electron chi connectivity index (χ0n) is 7.80. The van der Waals surface area contributed by atoms with E-state index in [1.807, 2.05) is 6.92 Å². The van der Waals surface area contributed by atoms with Crippen LogP contribution in [-0.2, 0) is 11.3 Å². The fourth-order valence-electron chi connectivity index (χ4n) is 0.967. The molecule has 0 bridgehead atoms. The molecular formula is C7H12N4O2S. The second kappa shape index (κ2) is 4.85. The van der Waals surface area contributed by atoms with E-state index in [1.165, 1.54) is 0 Å². The number of carbonyl (C=O) groups is 1. The minimum Gasteiger partial charge on any atom is -0.481 e. The summed E-state index contributed by atoms with van der Waals surface area (Å²) in [6.45, 7) is 2.71. The van der Waals surface area contributed by atoms with Crippen LogP contribution in [-0.4, -0.2) is 31.6 Å². The van der Waals surface area contributed by atoms with Gasteiger partial charge in [0.15, 0.2) is 5.16 Å². The lowest BCUT2D eigenvalue weighted by Crippen LogP contribution is -2.05. The summed E-state index contributed by atoms with van der Waals surface area (Å²) in [5.41, 5.74) is 5.56.